The second-order valence-corrected chi connectivity index (χ2v) is 8.91. The van der Waals surface area contributed by atoms with Gasteiger partial charge in [-0.2, -0.15) is 9.78 Å². The SMILES string of the molecule is CC(C)c1nc2ccc(Br)cc2c(=O)n1N=Cc1ccc(OCC(=O)N2CCOCC2)cc1. The number of nitrogens with zero attached hydrogens (tertiary/aromatic N) is 4. The van der Waals surface area contributed by atoms with Crippen molar-refractivity contribution in [2.24, 2.45) is 5.10 Å². The molecule has 2 aromatic carbocycles. The lowest BCUT2D eigenvalue weighted by Gasteiger charge is -2.26. The van der Waals surface area contributed by atoms with Gasteiger partial charge in [0.25, 0.3) is 11.5 Å². The Labute approximate surface area is 200 Å². The van der Waals surface area contributed by atoms with Gasteiger partial charge in [-0.05, 0) is 48.0 Å². The van der Waals surface area contributed by atoms with Crippen LogP contribution in [0.1, 0.15) is 31.2 Å². The molecule has 8 nitrogen and oxygen atoms in total. The van der Waals surface area contributed by atoms with E-state index in [1.54, 1.807) is 29.3 Å². The molecule has 0 aliphatic carbocycles. The maximum Gasteiger partial charge on any atom is 0.282 e. The van der Waals surface area contributed by atoms with E-state index in [1.165, 1.54) is 4.68 Å². The Kier molecular flexibility index (Phi) is 7.20. The van der Waals surface area contributed by atoms with E-state index in [4.69, 9.17) is 9.47 Å². The van der Waals surface area contributed by atoms with E-state index >= 15 is 0 Å². The zero-order valence-corrected chi connectivity index (χ0v) is 20.1. The van der Waals surface area contributed by atoms with Crippen molar-refractivity contribution in [2.75, 3.05) is 32.9 Å². The van der Waals surface area contributed by atoms with Gasteiger partial charge in [-0.15, -0.1) is 0 Å². The zero-order chi connectivity index (χ0) is 23.4. The normalized spacial score (nSPS) is 14.4. The van der Waals surface area contributed by atoms with Gasteiger partial charge in [-0.1, -0.05) is 29.8 Å². The van der Waals surface area contributed by atoms with E-state index in [2.05, 4.69) is 26.0 Å². The van der Waals surface area contributed by atoms with E-state index in [0.29, 0.717) is 48.8 Å². The van der Waals surface area contributed by atoms with Crippen LogP contribution in [0.2, 0.25) is 0 Å². The molecule has 3 aromatic rings. The largest absolute Gasteiger partial charge is 0.484 e. The van der Waals surface area contributed by atoms with Gasteiger partial charge in [0.05, 0.1) is 30.3 Å². The molecule has 1 aliphatic heterocycles. The molecule has 0 atom stereocenters. The lowest BCUT2D eigenvalue weighted by atomic mass is 10.2. The summed E-state index contributed by atoms with van der Waals surface area (Å²) in [5, 5.41) is 4.93. The maximum absolute atomic E-state index is 13.1. The molecule has 1 aliphatic rings. The maximum atomic E-state index is 13.1. The average Bonchev–Trinajstić information content (AvgIpc) is 2.83. The molecule has 2 heterocycles. The molecule has 1 fully saturated rings. The minimum Gasteiger partial charge on any atom is -0.484 e. The number of aromatic nitrogens is 2. The average molecular weight is 513 g/mol. The van der Waals surface area contributed by atoms with E-state index in [-0.39, 0.29) is 24.0 Å². The minimum atomic E-state index is -0.220. The predicted octanol–water partition coefficient (Wildman–Crippen LogP) is 3.40. The van der Waals surface area contributed by atoms with E-state index in [1.807, 2.05) is 38.1 Å². The summed E-state index contributed by atoms with van der Waals surface area (Å²) in [4.78, 5) is 31.7. The fourth-order valence-electron chi connectivity index (χ4n) is 3.47. The van der Waals surface area contributed by atoms with E-state index in [0.717, 1.165) is 10.0 Å². The summed E-state index contributed by atoms with van der Waals surface area (Å²) in [7, 11) is 0. The fourth-order valence-corrected chi connectivity index (χ4v) is 3.84. The Morgan fingerprint density at radius 3 is 2.64 bits per heavy atom. The van der Waals surface area contributed by atoms with Crippen molar-refractivity contribution in [2.45, 2.75) is 19.8 Å². The lowest BCUT2D eigenvalue weighted by molar-refractivity contribution is -0.137. The summed E-state index contributed by atoms with van der Waals surface area (Å²) in [5.74, 6) is 1.14. The molecule has 33 heavy (non-hydrogen) atoms. The monoisotopic (exact) mass is 512 g/mol. The van der Waals surface area contributed by atoms with Gasteiger partial charge in [-0.25, -0.2) is 4.98 Å². The molecule has 4 rings (SSSR count). The predicted molar refractivity (Wildman–Crippen MR) is 130 cm³/mol. The highest BCUT2D eigenvalue weighted by Gasteiger charge is 2.17. The quantitative estimate of drug-likeness (QED) is 0.472. The number of carbonyl (C=O) groups excluding carboxylic acids is 1. The number of morpholine rings is 1. The van der Waals surface area contributed by atoms with Crippen molar-refractivity contribution in [3.8, 4) is 5.75 Å². The number of halogens is 1. The molecule has 0 spiro atoms. The third-order valence-corrected chi connectivity index (χ3v) is 5.77. The third kappa shape index (κ3) is 5.48. The fraction of sp³-hybridized carbons (Fsp3) is 0.333. The van der Waals surface area contributed by atoms with E-state index in [9.17, 15) is 9.59 Å². The molecule has 0 bridgehead atoms. The van der Waals surface area contributed by atoms with Crippen molar-refractivity contribution < 1.29 is 14.3 Å². The Morgan fingerprint density at radius 1 is 1.21 bits per heavy atom. The lowest BCUT2D eigenvalue weighted by Crippen LogP contribution is -2.42. The number of hydrogen-bond donors (Lipinski definition) is 0. The first-order chi connectivity index (χ1) is 15.9. The number of rotatable bonds is 6. The summed E-state index contributed by atoms with van der Waals surface area (Å²) in [6.45, 7) is 6.24. The minimum absolute atomic E-state index is 0.0150. The number of amides is 1. The van der Waals surface area contributed by atoms with Crippen molar-refractivity contribution in [1.82, 2.24) is 14.6 Å². The Morgan fingerprint density at radius 2 is 1.94 bits per heavy atom. The number of hydrogen-bond acceptors (Lipinski definition) is 6. The molecule has 0 N–H and O–H groups in total. The Hall–Kier alpha value is -3.04. The van der Waals surface area contributed by atoms with E-state index < -0.39 is 0 Å². The molecule has 172 valence electrons. The van der Waals surface area contributed by atoms with Crippen LogP contribution in [0.3, 0.4) is 0 Å². The van der Waals surface area contributed by atoms with Crippen molar-refractivity contribution >= 4 is 39.0 Å². The molecule has 0 unspecified atom stereocenters. The number of fused-ring (bicyclic) bond motifs is 1. The van der Waals surface area contributed by atoms with Crippen molar-refractivity contribution in [3.63, 3.8) is 0 Å². The first kappa shape index (κ1) is 23.1. The molecule has 0 radical (unpaired) electrons. The highest BCUT2D eigenvalue weighted by Crippen LogP contribution is 2.19. The van der Waals surface area contributed by atoms with Crippen LogP contribution in [-0.4, -0.2) is 59.6 Å². The highest BCUT2D eigenvalue weighted by molar-refractivity contribution is 9.10. The first-order valence-electron chi connectivity index (χ1n) is 10.8. The highest BCUT2D eigenvalue weighted by atomic mass is 79.9. The second-order valence-electron chi connectivity index (χ2n) is 8.00. The van der Waals surface area contributed by atoms with Crippen LogP contribution >= 0.6 is 15.9 Å². The van der Waals surface area contributed by atoms with Crippen molar-refractivity contribution in [1.29, 1.82) is 0 Å². The first-order valence-corrected chi connectivity index (χ1v) is 11.6. The summed E-state index contributed by atoms with van der Waals surface area (Å²) < 4.78 is 13.0. The number of ether oxygens (including phenoxy) is 2. The van der Waals surface area contributed by atoms with Gasteiger partial charge >= 0.3 is 0 Å². The van der Waals surface area contributed by atoms with Gasteiger partial charge in [0.1, 0.15) is 11.6 Å². The smallest absolute Gasteiger partial charge is 0.282 e. The Bertz CT molecular complexity index is 1230. The molecule has 1 saturated heterocycles. The van der Waals surface area contributed by atoms with Gasteiger partial charge in [0, 0.05) is 23.5 Å². The van der Waals surface area contributed by atoms with Crippen LogP contribution in [0, 0.1) is 0 Å². The van der Waals surface area contributed by atoms with Crippen LogP contribution in [0.25, 0.3) is 10.9 Å². The zero-order valence-electron chi connectivity index (χ0n) is 18.5. The summed E-state index contributed by atoms with van der Waals surface area (Å²) in [5.41, 5.74) is 1.21. The van der Waals surface area contributed by atoms with Gasteiger partial charge in [0.15, 0.2) is 6.61 Å². The summed E-state index contributed by atoms with van der Waals surface area (Å²) in [6, 6.07) is 12.6. The summed E-state index contributed by atoms with van der Waals surface area (Å²) in [6.07, 6.45) is 1.61. The van der Waals surface area contributed by atoms with Crippen molar-refractivity contribution in [3.05, 3.63) is 68.7 Å². The van der Waals surface area contributed by atoms with Gasteiger partial charge in [-0.3, -0.25) is 9.59 Å². The second kappa shape index (κ2) is 10.3. The molecule has 1 aromatic heterocycles. The topological polar surface area (TPSA) is 86.0 Å². The van der Waals surface area contributed by atoms with Crippen LogP contribution in [0.4, 0.5) is 0 Å². The van der Waals surface area contributed by atoms with Crippen LogP contribution in [0.5, 0.6) is 5.75 Å². The van der Waals surface area contributed by atoms with Crippen LogP contribution in [0.15, 0.2) is 56.8 Å². The molecule has 1 amide bonds. The number of benzene rings is 2. The molecular weight excluding hydrogens is 488 g/mol. The molecular formula is C24H25BrN4O4. The van der Waals surface area contributed by atoms with Gasteiger partial charge in [0.2, 0.25) is 0 Å². The number of carbonyl (C=O) groups is 1. The molecule has 0 saturated carbocycles. The van der Waals surface area contributed by atoms with Gasteiger partial charge < -0.3 is 14.4 Å². The van der Waals surface area contributed by atoms with Crippen LogP contribution < -0.4 is 10.3 Å². The van der Waals surface area contributed by atoms with Crippen LogP contribution in [-0.2, 0) is 9.53 Å². The molecule has 9 heteroatoms. The third-order valence-electron chi connectivity index (χ3n) is 5.28. The Balaban J connectivity index is 1.49. The standard InChI is InChI=1S/C24H25BrN4O4/c1-16(2)23-27-21-8-5-18(25)13-20(21)24(31)29(23)26-14-17-3-6-19(7-4-17)33-15-22(30)28-9-11-32-12-10-28/h3-8,13-14,16H,9-12,15H2,1-2H3. The summed E-state index contributed by atoms with van der Waals surface area (Å²) >= 11 is 3.41.